The van der Waals surface area contributed by atoms with E-state index in [0.717, 1.165) is 5.46 Å². The zero-order chi connectivity index (χ0) is 19.8. The fraction of sp³-hybridized carbons (Fsp3) is 0.316. The molecule has 8 heteroatoms. The molecular formula is C19H21BCl2N2O3. The molecule has 0 unspecified atom stereocenters. The van der Waals surface area contributed by atoms with Crippen LogP contribution in [0, 0.1) is 0 Å². The highest BCUT2D eigenvalue weighted by atomic mass is 35.5. The number of benzene rings is 2. The Hall–Kier alpha value is -1.73. The van der Waals surface area contributed by atoms with Crippen LogP contribution in [0.1, 0.15) is 27.7 Å². The van der Waals surface area contributed by atoms with Crippen LogP contribution in [0.2, 0.25) is 10.0 Å². The third-order valence-electron chi connectivity index (χ3n) is 4.87. The van der Waals surface area contributed by atoms with Crippen molar-refractivity contribution < 1.29 is 14.1 Å². The van der Waals surface area contributed by atoms with E-state index in [2.05, 4.69) is 10.6 Å². The number of rotatable bonds is 3. The van der Waals surface area contributed by atoms with Gasteiger partial charge in [0.2, 0.25) is 0 Å². The lowest BCUT2D eigenvalue weighted by molar-refractivity contribution is 0.00578. The Kier molecular flexibility index (Phi) is 5.46. The van der Waals surface area contributed by atoms with Gasteiger partial charge in [0.15, 0.2) is 0 Å². The van der Waals surface area contributed by atoms with Gasteiger partial charge in [-0.25, -0.2) is 4.79 Å². The molecule has 1 heterocycles. The van der Waals surface area contributed by atoms with E-state index in [1.165, 1.54) is 0 Å². The molecule has 0 aromatic heterocycles. The monoisotopic (exact) mass is 406 g/mol. The first-order valence-electron chi connectivity index (χ1n) is 8.57. The SMILES string of the molecule is CC1(C)OB(c2cccc(NC(=O)Nc3c(Cl)cccc3Cl)c2)OC1(C)C. The first kappa shape index (κ1) is 20.0. The molecule has 0 aliphatic carbocycles. The Morgan fingerprint density at radius 1 is 0.926 bits per heavy atom. The van der Waals surface area contributed by atoms with Crippen LogP contribution in [0.15, 0.2) is 42.5 Å². The van der Waals surface area contributed by atoms with Crippen molar-refractivity contribution in [1.82, 2.24) is 0 Å². The van der Waals surface area contributed by atoms with Gasteiger partial charge in [-0.2, -0.15) is 0 Å². The van der Waals surface area contributed by atoms with Crippen molar-refractivity contribution in [3.63, 3.8) is 0 Å². The summed E-state index contributed by atoms with van der Waals surface area (Å²) in [7, 11) is -0.502. The average molecular weight is 407 g/mol. The lowest BCUT2D eigenvalue weighted by Gasteiger charge is -2.32. The van der Waals surface area contributed by atoms with Crippen LogP contribution in [0.4, 0.5) is 16.2 Å². The van der Waals surface area contributed by atoms with E-state index in [1.807, 2.05) is 45.9 Å². The van der Waals surface area contributed by atoms with E-state index in [1.54, 1.807) is 24.3 Å². The molecule has 2 N–H and O–H groups in total. The summed E-state index contributed by atoms with van der Waals surface area (Å²) in [5, 5.41) is 6.17. The van der Waals surface area contributed by atoms with Crippen molar-refractivity contribution >= 4 is 53.2 Å². The van der Waals surface area contributed by atoms with Gasteiger partial charge in [0.25, 0.3) is 0 Å². The van der Waals surface area contributed by atoms with E-state index in [-0.39, 0.29) is 0 Å². The molecule has 1 fully saturated rings. The molecule has 5 nitrogen and oxygen atoms in total. The van der Waals surface area contributed by atoms with Crippen molar-refractivity contribution in [1.29, 1.82) is 0 Å². The van der Waals surface area contributed by atoms with Gasteiger partial charge in [-0.1, -0.05) is 41.4 Å². The van der Waals surface area contributed by atoms with Crippen molar-refractivity contribution in [3.05, 3.63) is 52.5 Å². The number of halogens is 2. The number of para-hydroxylation sites is 1. The number of anilines is 2. The number of carbonyl (C=O) groups is 1. The summed E-state index contributed by atoms with van der Waals surface area (Å²) in [5.41, 5.74) is 0.920. The van der Waals surface area contributed by atoms with Crippen LogP contribution in [0.25, 0.3) is 0 Å². The molecular weight excluding hydrogens is 386 g/mol. The zero-order valence-electron chi connectivity index (χ0n) is 15.6. The highest BCUT2D eigenvalue weighted by molar-refractivity contribution is 6.62. The molecule has 0 spiro atoms. The van der Waals surface area contributed by atoms with Gasteiger partial charge >= 0.3 is 13.1 Å². The van der Waals surface area contributed by atoms with Crippen molar-refractivity contribution in [3.8, 4) is 0 Å². The molecule has 0 atom stereocenters. The van der Waals surface area contributed by atoms with Gasteiger partial charge in [-0.05, 0) is 57.4 Å². The first-order chi connectivity index (χ1) is 12.6. The number of carbonyl (C=O) groups excluding carboxylic acids is 1. The number of nitrogens with one attached hydrogen (secondary N) is 2. The second kappa shape index (κ2) is 7.36. The van der Waals surface area contributed by atoms with Gasteiger partial charge in [0.05, 0.1) is 26.9 Å². The fourth-order valence-corrected chi connectivity index (χ4v) is 3.13. The second-order valence-corrected chi connectivity index (χ2v) is 8.20. The molecule has 1 saturated heterocycles. The molecule has 0 bridgehead atoms. The maximum atomic E-state index is 12.3. The van der Waals surface area contributed by atoms with Crippen molar-refractivity contribution in [2.75, 3.05) is 10.6 Å². The van der Waals surface area contributed by atoms with Gasteiger partial charge in [-0.15, -0.1) is 0 Å². The normalized spacial score (nSPS) is 17.6. The predicted octanol–water partition coefficient (Wildman–Crippen LogP) is 4.94. The summed E-state index contributed by atoms with van der Waals surface area (Å²) in [4.78, 5) is 12.3. The van der Waals surface area contributed by atoms with E-state index >= 15 is 0 Å². The summed E-state index contributed by atoms with van der Waals surface area (Å²) in [6.07, 6.45) is 0. The van der Waals surface area contributed by atoms with Crippen molar-refractivity contribution in [2.24, 2.45) is 0 Å². The van der Waals surface area contributed by atoms with Gasteiger partial charge in [0, 0.05) is 5.69 Å². The van der Waals surface area contributed by atoms with Gasteiger partial charge in [-0.3, -0.25) is 0 Å². The quantitative estimate of drug-likeness (QED) is 0.710. The van der Waals surface area contributed by atoms with Crippen LogP contribution in [-0.4, -0.2) is 24.4 Å². The van der Waals surface area contributed by atoms with Crippen LogP contribution >= 0.6 is 23.2 Å². The molecule has 27 heavy (non-hydrogen) atoms. The summed E-state index contributed by atoms with van der Waals surface area (Å²) >= 11 is 12.2. The molecule has 1 aliphatic rings. The van der Waals surface area contributed by atoms with Gasteiger partial charge in [0.1, 0.15) is 0 Å². The van der Waals surface area contributed by atoms with E-state index < -0.39 is 24.4 Å². The Morgan fingerprint density at radius 2 is 1.48 bits per heavy atom. The number of urea groups is 1. The number of hydrogen-bond donors (Lipinski definition) is 2. The Balaban J connectivity index is 1.72. The summed E-state index contributed by atoms with van der Waals surface area (Å²) in [6.45, 7) is 7.98. The maximum Gasteiger partial charge on any atom is 0.494 e. The molecule has 3 rings (SSSR count). The minimum atomic E-state index is -0.502. The molecule has 0 saturated carbocycles. The second-order valence-electron chi connectivity index (χ2n) is 7.39. The molecule has 0 radical (unpaired) electrons. The summed E-state index contributed by atoms with van der Waals surface area (Å²) in [5.74, 6) is 0. The molecule has 142 valence electrons. The smallest absolute Gasteiger partial charge is 0.399 e. The Labute approximate surface area is 169 Å². The highest BCUT2D eigenvalue weighted by Crippen LogP contribution is 2.36. The Bertz CT molecular complexity index is 838. The van der Waals surface area contributed by atoms with E-state index in [9.17, 15) is 4.79 Å². The van der Waals surface area contributed by atoms with E-state index in [4.69, 9.17) is 32.5 Å². The lowest BCUT2D eigenvalue weighted by Crippen LogP contribution is -2.41. The first-order valence-corrected chi connectivity index (χ1v) is 9.32. The highest BCUT2D eigenvalue weighted by Gasteiger charge is 2.51. The van der Waals surface area contributed by atoms with Crippen LogP contribution in [0.3, 0.4) is 0 Å². The minimum absolute atomic E-state index is 0.362. The Morgan fingerprint density at radius 3 is 2.07 bits per heavy atom. The van der Waals surface area contributed by atoms with Gasteiger partial charge < -0.3 is 19.9 Å². The molecule has 2 aromatic carbocycles. The third kappa shape index (κ3) is 4.24. The number of amides is 2. The van der Waals surface area contributed by atoms with Crippen LogP contribution in [-0.2, 0) is 9.31 Å². The number of hydrogen-bond acceptors (Lipinski definition) is 3. The summed E-state index contributed by atoms with van der Waals surface area (Å²) < 4.78 is 12.1. The fourth-order valence-electron chi connectivity index (χ4n) is 2.64. The predicted molar refractivity (Wildman–Crippen MR) is 111 cm³/mol. The van der Waals surface area contributed by atoms with Crippen LogP contribution < -0.4 is 16.1 Å². The third-order valence-corrected chi connectivity index (χ3v) is 5.50. The maximum absolute atomic E-state index is 12.3. The molecule has 1 aliphatic heterocycles. The zero-order valence-corrected chi connectivity index (χ0v) is 17.1. The topological polar surface area (TPSA) is 59.6 Å². The summed E-state index contributed by atoms with van der Waals surface area (Å²) in [6, 6.07) is 11.9. The molecule has 2 amide bonds. The molecule has 2 aromatic rings. The largest absolute Gasteiger partial charge is 0.494 e. The lowest BCUT2D eigenvalue weighted by atomic mass is 9.79. The standard InChI is InChI=1S/C19H21BCl2N2O3/c1-18(2)19(3,4)27-20(26-18)12-7-5-8-13(11-12)23-17(25)24-16-14(21)9-6-10-15(16)22/h5-11H,1-4H3,(H2,23,24,25). The van der Waals surface area contributed by atoms with E-state index in [0.29, 0.717) is 21.4 Å². The van der Waals surface area contributed by atoms with Crippen molar-refractivity contribution in [2.45, 2.75) is 38.9 Å². The minimum Gasteiger partial charge on any atom is -0.399 e. The average Bonchev–Trinajstić information content (AvgIpc) is 2.79. The van der Waals surface area contributed by atoms with Crippen LogP contribution in [0.5, 0.6) is 0 Å².